The molecule has 0 unspecified atom stereocenters. The van der Waals surface area contributed by atoms with Crippen molar-refractivity contribution < 1.29 is 9.47 Å². The molecule has 0 bridgehead atoms. The Morgan fingerprint density at radius 3 is 2.83 bits per heavy atom. The molecule has 18 heavy (non-hydrogen) atoms. The van der Waals surface area contributed by atoms with Crippen LogP contribution < -0.4 is 15.2 Å². The van der Waals surface area contributed by atoms with Crippen LogP contribution >= 0.6 is 11.3 Å². The first-order chi connectivity index (χ1) is 8.65. The molecule has 0 saturated heterocycles. The molecule has 0 fully saturated rings. The van der Waals surface area contributed by atoms with Gasteiger partial charge in [0.2, 0.25) is 11.8 Å². The van der Waals surface area contributed by atoms with E-state index in [0.717, 1.165) is 4.88 Å². The lowest BCUT2D eigenvalue weighted by atomic mass is 10.4. The second kappa shape index (κ2) is 5.73. The molecule has 0 saturated carbocycles. The van der Waals surface area contributed by atoms with Crippen LogP contribution in [0.5, 0.6) is 11.8 Å². The van der Waals surface area contributed by atoms with Crippen molar-refractivity contribution in [3.8, 4) is 11.8 Å². The Hall–Kier alpha value is -1.75. The number of rotatable bonds is 5. The third kappa shape index (κ3) is 3.37. The van der Waals surface area contributed by atoms with E-state index in [1.807, 2.05) is 31.4 Å². The molecule has 0 atom stereocenters. The highest BCUT2D eigenvalue weighted by molar-refractivity contribution is 7.09. The second-order valence-corrected chi connectivity index (χ2v) is 5.11. The van der Waals surface area contributed by atoms with Gasteiger partial charge in [0.25, 0.3) is 0 Å². The van der Waals surface area contributed by atoms with Crippen molar-refractivity contribution in [1.82, 2.24) is 4.98 Å². The van der Waals surface area contributed by atoms with Crippen LogP contribution in [0.4, 0.5) is 5.69 Å². The molecular formula is C13H16N2O2S. The zero-order valence-corrected chi connectivity index (χ0v) is 11.2. The monoisotopic (exact) mass is 264 g/mol. The number of hydrogen-bond donors (Lipinski definition) is 1. The first-order valence-electron chi connectivity index (χ1n) is 5.73. The fourth-order valence-corrected chi connectivity index (χ4v) is 1.99. The molecule has 5 heteroatoms. The van der Waals surface area contributed by atoms with Crippen molar-refractivity contribution in [2.24, 2.45) is 0 Å². The van der Waals surface area contributed by atoms with Crippen LogP contribution in [0.15, 0.2) is 29.6 Å². The van der Waals surface area contributed by atoms with Crippen molar-refractivity contribution in [1.29, 1.82) is 0 Å². The molecule has 2 N–H and O–H groups in total. The third-order valence-electron chi connectivity index (χ3n) is 2.15. The van der Waals surface area contributed by atoms with Crippen molar-refractivity contribution in [2.75, 3.05) is 5.73 Å². The van der Waals surface area contributed by atoms with Crippen LogP contribution in [-0.2, 0) is 6.61 Å². The summed E-state index contributed by atoms with van der Waals surface area (Å²) < 4.78 is 11.1. The van der Waals surface area contributed by atoms with Gasteiger partial charge in [-0.25, -0.2) is 0 Å². The summed E-state index contributed by atoms with van der Waals surface area (Å²) in [5.41, 5.74) is 6.31. The number of pyridine rings is 1. The van der Waals surface area contributed by atoms with Gasteiger partial charge in [0.05, 0.1) is 11.8 Å². The summed E-state index contributed by atoms with van der Waals surface area (Å²) in [6.07, 6.45) is 0.0346. The van der Waals surface area contributed by atoms with E-state index in [1.165, 1.54) is 0 Å². The second-order valence-electron chi connectivity index (χ2n) is 4.08. The number of anilines is 1. The number of aromatic nitrogens is 1. The Bertz CT molecular complexity index is 498. The smallest absolute Gasteiger partial charge is 0.240 e. The summed E-state index contributed by atoms with van der Waals surface area (Å²) in [5.74, 6) is 0.946. The molecule has 0 spiro atoms. The van der Waals surface area contributed by atoms with Gasteiger partial charge in [-0.05, 0) is 31.4 Å². The van der Waals surface area contributed by atoms with Crippen LogP contribution in [0.3, 0.4) is 0 Å². The van der Waals surface area contributed by atoms with Crippen LogP contribution in [0.1, 0.15) is 18.7 Å². The molecule has 0 radical (unpaired) electrons. The van der Waals surface area contributed by atoms with Gasteiger partial charge >= 0.3 is 0 Å². The average molecular weight is 264 g/mol. The molecule has 2 rings (SSSR count). The van der Waals surface area contributed by atoms with E-state index in [4.69, 9.17) is 15.2 Å². The van der Waals surface area contributed by atoms with Gasteiger partial charge < -0.3 is 15.2 Å². The standard InChI is InChI=1S/C13H16N2O2S/c1-9(2)17-13-11(14)5-6-12(15-13)16-8-10-4-3-7-18-10/h3-7,9H,8,14H2,1-2H3. The molecule has 96 valence electrons. The van der Waals surface area contributed by atoms with Gasteiger partial charge in [0.1, 0.15) is 6.61 Å². The number of nitrogens with zero attached hydrogens (tertiary/aromatic N) is 1. The number of ether oxygens (including phenoxy) is 2. The number of thiophene rings is 1. The summed E-state index contributed by atoms with van der Waals surface area (Å²) in [6, 6.07) is 7.51. The van der Waals surface area contributed by atoms with E-state index in [2.05, 4.69) is 4.98 Å². The van der Waals surface area contributed by atoms with E-state index in [-0.39, 0.29) is 6.10 Å². The summed E-state index contributed by atoms with van der Waals surface area (Å²) in [5, 5.41) is 2.02. The predicted molar refractivity (Wildman–Crippen MR) is 73.1 cm³/mol. The highest BCUT2D eigenvalue weighted by atomic mass is 32.1. The SMILES string of the molecule is CC(C)Oc1nc(OCc2cccs2)ccc1N. The van der Waals surface area contributed by atoms with E-state index in [9.17, 15) is 0 Å². The topological polar surface area (TPSA) is 57.4 Å². The summed E-state index contributed by atoms with van der Waals surface area (Å²) >= 11 is 1.65. The number of hydrogen-bond acceptors (Lipinski definition) is 5. The normalized spacial score (nSPS) is 10.6. The summed E-state index contributed by atoms with van der Waals surface area (Å²) in [7, 11) is 0. The maximum atomic E-state index is 5.79. The maximum absolute atomic E-state index is 5.79. The Morgan fingerprint density at radius 1 is 1.33 bits per heavy atom. The van der Waals surface area contributed by atoms with Gasteiger partial charge in [0.15, 0.2) is 0 Å². The molecule has 4 nitrogen and oxygen atoms in total. The van der Waals surface area contributed by atoms with E-state index in [0.29, 0.717) is 24.1 Å². The van der Waals surface area contributed by atoms with Gasteiger partial charge in [0, 0.05) is 10.9 Å². The van der Waals surface area contributed by atoms with E-state index in [1.54, 1.807) is 23.5 Å². The van der Waals surface area contributed by atoms with Crippen molar-refractivity contribution in [2.45, 2.75) is 26.6 Å². The van der Waals surface area contributed by atoms with Crippen LogP contribution in [0.2, 0.25) is 0 Å². The predicted octanol–water partition coefficient (Wildman–Crippen LogP) is 3.09. The highest BCUT2D eigenvalue weighted by Crippen LogP contribution is 2.24. The minimum absolute atomic E-state index is 0.0346. The molecule has 2 aromatic heterocycles. The molecule has 0 aromatic carbocycles. The Balaban J connectivity index is 2.04. The van der Waals surface area contributed by atoms with E-state index < -0.39 is 0 Å². The molecular weight excluding hydrogens is 248 g/mol. The molecule has 2 aromatic rings. The first-order valence-corrected chi connectivity index (χ1v) is 6.61. The summed E-state index contributed by atoms with van der Waals surface area (Å²) in [6.45, 7) is 4.37. The van der Waals surface area contributed by atoms with Crippen molar-refractivity contribution in [3.05, 3.63) is 34.5 Å². The molecule has 2 heterocycles. The molecule has 0 aliphatic heterocycles. The minimum atomic E-state index is 0.0346. The molecule has 0 amide bonds. The third-order valence-corrected chi connectivity index (χ3v) is 3.00. The van der Waals surface area contributed by atoms with Crippen LogP contribution in [0.25, 0.3) is 0 Å². The van der Waals surface area contributed by atoms with Gasteiger partial charge in [-0.2, -0.15) is 4.98 Å². The molecule has 0 aliphatic carbocycles. The zero-order chi connectivity index (χ0) is 13.0. The fourth-order valence-electron chi connectivity index (χ4n) is 1.37. The fraction of sp³-hybridized carbons (Fsp3) is 0.308. The Morgan fingerprint density at radius 2 is 2.17 bits per heavy atom. The summed E-state index contributed by atoms with van der Waals surface area (Å²) in [4.78, 5) is 5.40. The van der Waals surface area contributed by atoms with Crippen molar-refractivity contribution >= 4 is 17.0 Å². The number of nitrogen functional groups attached to an aromatic ring is 1. The van der Waals surface area contributed by atoms with E-state index >= 15 is 0 Å². The first kappa shape index (κ1) is 12.7. The lowest BCUT2D eigenvalue weighted by molar-refractivity contribution is 0.227. The van der Waals surface area contributed by atoms with Gasteiger partial charge in [-0.3, -0.25) is 0 Å². The highest BCUT2D eigenvalue weighted by Gasteiger charge is 2.07. The maximum Gasteiger partial charge on any atom is 0.240 e. The van der Waals surface area contributed by atoms with Crippen molar-refractivity contribution in [3.63, 3.8) is 0 Å². The lowest BCUT2D eigenvalue weighted by Crippen LogP contribution is -2.09. The largest absolute Gasteiger partial charge is 0.473 e. The van der Waals surface area contributed by atoms with Gasteiger partial charge in [-0.1, -0.05) is 6.07 Å². The van der Waals surface area contributed by atoms with Crippen LogP contribution in [0, 0.1) is 0 Å². The molecule has 0 aliphatic rings. The minimum Gasteiger partial charge on any atom is -0.473 e. The van der Waals surface area contributed by atoms with Gasteiger partial charge in [-0.15, -0.1) is 11.3 Å². The lowest BCUT2D eigenvalue weighted by Gasteiger charge is -2.12. The Kier molecular flexibility index (Phi) is 4.04. The Labute approximate surface area is 110 Å². The zero-order valence-electron chi connectivity index (χ0n) is 10.4. The van der Waals surface area contributed by atoms with Crippen LogP contribution in [-0.4, -0.2) is 11.1 Å². The number of nitrogens with two attached hydrogens (primary N) is 1. The quantitative estimate of drug-likeness (QED) is 0.901. The average Bonchev–Trinajstić information content (AvgIpc) is 2.82.